The molecule has 2 N–H and O–H groups in total. The molecule has 2 fully saturated rings. The van der Waals surface area contributed by atoms with E-state index in [1.54, 1.807) is 30.3 Å². The van der Waals surface area contributed by atoms with Gasteiger partial charge in [0.1, 0.15) is 17.3 Å². The quantitative estimate of drug-likeness (QED) is 0.667. The number of likely N-dealkylation sites (tertiary alicyclic amines) is 1. The first-order valence-corrected chi connectivity index (χ1v) is 10.8. The molecule has 0 unspecified atom stereocenters. The minimum atomic E-state index is -0.395. The summed E-state index contributed by atoms with van der Waals surface area (Å²) in [4.78, 5) is 23.3. The summed E-state index contributed by atoms with van der Waals surface area (Å²) in [6.07, 6.45) is 6.47. The van der Waals surface area contributed by atoms with Crippen molar-refractivity contribution in [1.82, 2.24) is 14.9 Å². The number of hydrogen-bond acceptors (Lipinski definition) is 7. The molecule has 0 aromatic carbocycles. The molecule has 2 aromatic rings. The third-order valence-corrected chi connectivity index (χ3v) is 6.40. The normalized spacial score (nSPS) is 17.7. The molecule has 1 aliphatic heterocycles. The standard InChI is InChI=1S/C23H29FN4O4/c1-30-18-10-21(25)27-11-16(18)15-3-7-28(8-4-15)22(29)17-9-19(31-2)20(12-26-17)32-14-23(13-24)5-6-23/h9-12,15H,3-8,13-14H2,1-2H3,(H2,25,27). The van der Waals surface area contributed by atoms with E-state index in [4.69, 9.17) is 19.9 Å². The molecule has 0 spiro atoms. The van der Waals surface area contributed by atoms with Crippen LogP contribution in [0.5, 0.6) is 17.2 Å². The Morgan fingerprint density at radius 1 is 1.12 bits per heavy atom. The number of rotatable bonds is 8. The van der Waals surface area contributed by atoms with Crippen LogP contribution in [0.2, 0.25) is 0 Å². The summed E-state index contributed by atoms with van der Waals surface area (Å²) in [5, 5.41) is 0. The topological polar surface area (TPSA) is 99.8 Å². The number of nitrogens with zero attached hydrogens (tertiary/aromatic N) is 3. The zero-order chi connectivity index (χ0) is 22.7. The van der Waals surface area contributed by atoms with Crippen molar-refractivity contribution in [2.24, 2.45) is 5.41 Å². The van der Waals surface area contributed by atoms with Gasteiger partial charge in [0.2, 0.25) is 0 Å². The van der Waals surface area contributed by atoms with Crippen LogP contribution in [0.1, 0.15) is 47.7 Å². The van der Waals surface area contributed by atoms with Crippen LogP contribution in [0, 0.1) is 5.41 Å². The molecule has 0 radical (unpaired) electrons. The molecule has 3 heterocycles. The zero-order valence-corrected chi connectivity index (χ0v) is 18.5. The number of hydrogen-bond donors (Lipinski definition) is 1. The molecular weight excluding hydrogens is 415 g/mol. The number of piperidine rings is 1. The molecule has 4 rings (SSSR count). The number of methoxy groups -OCH3 is 2. The van der Waals surface area contributed by atoms with Crippen molar-refractivity contribution < 1.29 is 23.4 Å². The van der Waals surface area contributed by atoms with Gasteiger partial charge in [-0.1, -0.05) is 0 Å². The highest BCUT2D eigenvalue weighted by Crippen LogP contribution is 2.46. The highest BCUT2D eigenvalue weighted by molar-refractivity contribution is 5.93. The third-order valence-electron chi connectivity index (χ3n) is 6.40. The third kappa shape index (κ3) is 4.56. The first-order valence-electron chi connectivity index (χ1n) is 10.8. The number of nitrogen functional groups attached to an aromatic ring is 1. The Morgan fingerprint density at radius 2 is 1.84 bits per heavy atom. The van der Waals surface area contributed by atoms with Crippen LogP contribution >= 0.6 is 0 Å². The highest BCUT2D eigenvalue weighted by atomic mass is 19.1. The molecular formula is C23H29FN4O4. The summed E-state index contributed by atoms with van der Waals surface area (Å²) in [5.41, 5.74) is 6.70. The predicted molar refractivity (Wildman–Crippen MR) is 117 cm³/mol. The van der Waals surface area contributed by atoms with E-state index >= 15 is 0 Å². The monoisotopic (exact) mass is 444 g/mol. The SMILES string of the molecule is COc1cc(C(=O)N2CCC(c3cnc(N)cc3OC)CC2)ncc1OCC1(CF)CC1. The number of anilines is 1. The Labute approximate surface area is 186 Å². The van der Waals surface area contributed by atoms with Crippen molar-refractivity contribution in [2.45, 2.75) is 31.6 Å². The fraction of sp³-hybridized carbons (Fsp3) is 0.522. The molecule has 2 aliphatic rings. The van der Waals surface area contributed by atoms with E-state index in [2.05, 4.69) is 9.97 Å². The van der Waals surface area contributed by atoms with Crippen molar-refractivity contribution >= 4 is 11.7 Å². The van der Waals surface area contributed by atoms with Crippen molar-refractivity contribution in [3.8, 4) is 17.2 Å². The fourth-order valence-corrected chi connectivity index (χ4v) is 4.03. The Hall–Kier alpha value is -3.10. The highest BCUT2D eigenvalue weighted by Gasteiger charge is 2.44. The molecule has 0 atom stereocenters. The minimum absolute atomic E-state index is 0.155. The van der Waals surface area contributed by atoms with E-state index in [-0.39, 0.29) is 23.8 Å². The van der Waals surface area contributed by atoms with Crippen LogP contribution in [0.15, 0.2) is 24.5 Å². The molecule has 0 bridgehead atoms. The molecule has 1 saturated carbocycles. The second kappa shape index (κ2) is 9.18. The molecule has 172 valence electrons. The van der Waals surface area contributed by atoms with Gasteiger partial charge in [-0.3, -0.25) is 9.18 Å². The number of alkyl halides is 1. The summed E-state index contributed by atoms with van der Waals surface area (Å²) in [5.74, 6) is 2.08. The Balaban J connectivity index is 1.39. The van der Waals surface area contributed by atoms with E-state index < -0.39 is 6.67 Å². The van der Waals surface area contributed by atoms with Gasteiger partial charge >= 0.3 is 0 Å². The van der Waals surface area contributed by atoms with Gasteiger partial charge in [0.05, 0.1) is 33.7 Å². The van der Waals surface area contributed by atoms with Crippen molar-refractivity contribution in [1.29, 1.82) is 0 Å². The summed E-state index contributed by atoms with van der Waals surface area (Å²) in [6.45, 7) is 1.08. The summed E-state index contributed by atoms with van der Waals surface area (Å²) in [6, 6.07) is 3.32. The number of carbonyl (C=O) groups excluding carboxylic acids is 1. The van der Waals surface area contributed by atoms with E-state index in [9.17, 15) is 9.18 Å². The van der Waals surface area contributed by atoms with E-state index in [0.717, 1.165) is 37.0 Å². The number of halogens is 1. The van der Waals surface area contributed by atoms with Crippen LogP contribution in [0.3, 0.4) is 0 Å². The Bertz CT molecular complexity index is 974. The fourth-order valence-electron chi connectivity index (χ4n) is 4.03. The molecule has 1 saturated heterocycles. The molecule has 32 heavy (non-hydrogen) atoms. The number of pyridine rings is 2. The molecule has 2 aromatic heterocycles. The summed E-state index contributed by atoms with van der Waals surface area (Å²) >= 11 is 0. The number of aromatic nitrogens is 2. The van der Waals surface area contributed by atoms with E-state index in [0.29, 0.717) is 36.1 Å². The number of carbonyl (C=O) groups is 1. The van der Waals surface area contributed by atoms with E-state index in [1.165, 1.54) is 13.3 Å². The summed E-state index contributed by atoms with van der Waals surface area (Å²) < 4.78 is 29.7. The van der Waals surface area contributed by atoms with Gasteiger partial charge in [-0.05, 0) is 31.6 Å². The maximum Gasteiger partial charge on any atom is 0.272 e. The molecule has 8 nitrogen and oxygen atoms in total. The second-order valence-electron chi connectivity index (χ2n) is 8.56. The maximum atomic E-state index is 13.1. The summed E-state index contributed by atoms with van der Waals surface area (Å²) in [7, 11) is 3.13. The lowest BCUT2D eigenvalue weighted by Gasteiger charge is -2.32. The van der Waals surface area contributed by atoms with Gasteiger partial charge < -0.3 is 24.8 Å². The average molecular weight is 445 g/mol. The van der Waals surface area contributed by atoms with Gasteiger partial charge in [0.15, 0.2) is 11.5 Å². The van der Waals surface area contributed by atoms with Crippen molar-refractivity contribution in [2.75, 3.05) is 46.3 Å². The second-order valence-corrected chi connectivity index (χ2v) is 8.56. The smallest absolute Gasteiger partial charge is 0.272 e. The lowest BCUT2D eigenvalue weighted by atomic mass is 9.89. The number of nitrogens with two attached hydrogens (primary N) is 1. The van der Waals surface area contributed by atoms with Gasteiger partial charge in [-0.15, -0.1) is 0 Å². The van der Waals surface area contributed by atoms with Gasteiger partial charge in [0, 0.05) is 42.4 Å². The average Bonchev–Trinajstić information content (AvgIpc) is 3.62. The van der Waals surface area contributed by atoms with E-state index in [1.807, 2.05) is 0 Å². The first-order chi connectivity index (χ1) is 15.5. The molecule has 1 aliphatic carbocycles. The molecule has 1 amide bonds. The largest absolute Gasteiger partial charge is 0.496 e. The van der Waals surface area contributed by atoms with Crippen LogP contribution in [0.4, 0.5) is 10.2 Å². The molecule has 9 heteroatoms. The number of amides is 1. The van der Waals surface area contributed by atoms with Crippen molar-refractivity contribution in [3.63, 3.8) is 0 Å². The van der Waals surface area contributed by atoms with Crippen LogP contribution < -0.4 is 19.9 Å². The Kier molecular flexibility index (Phi) is 6.34. The maximum absolute atomic E-state index is 13.1. The Morgan fingerprint density at radius 3 is 2.47 bits per heavy atom. The lowest BCUT2D eigenvalue weighted by molar-refractivity contribution is 0.0706. The van der Waals surface area contributed by atoms with Crippen LogP contribution in [-0.4, -0.2) is 61.4 Å². The van der Waals surface area contributed by atoms with Crippen LogP contribution in [0.25, 0.3) is 0 Å². The minimum Gasteiger partial charge on any atom is -0.496 e. The first kappa shape index (κ1) is 22.1. The number of ether oxygens (including phenoxy) is 3. The van der Waals surface area contributed by atoms with Crippen molar-refractivity contribution in [3.05, 3.63) is 35.8 Å². The van der Waals surface area contributed by atoms with Crippen LogP contribution in [-0.2, 0) is 0 Å². The predicted octanol–water partition coefficient (Wildman–Crippen LogP) is 3.22. The lowest BCUT2D eigenvalue weighted by Crippen LogP contribution is -2.38. The zero-order valence-electron chi connectivity index (χ0n) is 18.5. The van der Waals surface area contributed by atoms with Gasteiger partial charge in [-0.2, -0.15) is 0 Å². The van der Waals surface area contributed by atoms with Gasteiger partial charge in [-0.25, -0.2) is 9.97 Å². The van der Waals surface area contributed by atoms with Gasteiger partial charge in [0.25, 0.3) is 5.91 Å².